The largest absolute Gasteiger partial charge is 0.465 e. The van der Waals surface area contributed by atoms with Crippen molar-refractivity contribution >= 4 is 18.0 Å². The van der Waals surface area contributed by atoms with Crippen LogP contribution >= 0.6 is 0 Å². The molecule has 0 saturated carbocycles. The number of guanidine groups is 1. The van der Waals surface area contributed by atoms with Crippen LogP contribution in [-0.2, 0) is 10.3 Å². The van der Waals surface area contributed by atoms with Gasteiger partial charge in [-0.05, 0) is 37.7 Å². The van der Waals surface area contributed by atoms with Gasteiger partial charge < -0.3 is 10.8 Å². The molecular weight excluding hydrogens is 332 g/mol. The van der Waals surface area contributed by atoms with Crippen LogP contribution in [0.2, 0.25) is 0 Å². The van der Waals surface area contributed by atoms with E-state index in [4.69, 9.17) is 10.8 Å². The van der Waals surface area contributed by atoms with Crippen LogP contribution in [-0.4, -0.2) is 40.6 Å². The van der Waals surface area contributed by atoms with Crippen molar-refractivity contribution in [2.75, 3.05) is 6.54 Å². The number of benzene rings is 1. The molecule has 0 aliphatic carbocycles. The van der Waals surface area contributed by atoms with Gasteiger partial charge in [0.1, 0.15) is 0 Å². The molecule has 7 heteroatoms. The van der Waals surface area contributed by atoms with E-state index in [-0.39, 0.29) is 23.8 Å². The molecule has 0 spiro atoms. The number of nitrogens with two attached hydrogens (primary N) is 1. The van der Waals surface area contributed by atoms with Gasteiger partial charge in [-0.25, -0.2) is 9.79 Å². The summed E-state index contributed by atoms with van der Waals surface area (Å²) in [6.07, 6.45) is 0.690. The van der Waals surface area contributed by atoms with E-state index in [1.54, 1.807) is 0 Å². The second kappa shape index (κ2) is 8.31. The molecule has 2 amide bonds. The van der Waals surface area contributed by atoms with Crippen LogP contribution in [0.25, 0.3) is 0 Å². The van der Waals surface area contributed by atoms with E-state index in [1.165, 1.54) is 4.90 Å². The van der Waals surface area contributed by atoms with Crippen molar-refractivity contribution in [2.24, 2.45) is 16.6 Å². The van der Waals surface area contributed by atoms with Crippen LogP contribution < -0.4 is 11.1 Å². The molecule has 1 aromatic carbocycles. The summed E-state index contributed by atoms with van der Waals surface area (Å²) in [6.45, 7) is 6.34. The van der Waals surface area contributed by atoms with Gasteiger partial charge in [-0.15, -0.1) is 0 Å². The van der Waals surface area contributed by atoms with Crippen LogP contribution in [0.5, 0.6) is 0 Å². The van der Waals surface area contributed by atoms with Crippen molar-refractivity contribution in [2.45, 2.75) is 51.6 Å². The van der Waals surface area contributed by atoms with E-state index in [1.807, 2.05) is 51.1 Å². The van der Waals surface area contributed by atoms with Crippen molar-refractivity contribution < 1.29 is 14.7 Å². The molecule has 0 fully saturated rings. The smallest absolute Gasteiger partial charge is 0.411 e. The fourth-order valence-corrected chi connectivity index (χ4v) is 3.32. The summed E-state index contributed by atoms with van der Waals surface area (Å²) >= 11 is 0. The fourth-order valence-electron chi connectivity index (χ4n) is 3.32. The first-order valence-corrected chi connectivity index (χ1v) is 8.99. The van der Waals surface area contributed by atoms with Crippen LogP contribution in [0.4, 0.5) is 4.79 Å². The van der Waals surface area contributed by atoms with Gasteiger partial charge in [0, 0.05) is 12.6 Å². The number of amides is 2. The maximum atomic E-state index is 13.4. The molecule has 1 aliphatic rings. The topological polar surface area (TPSA) is 108 Å². The molecule has 2 rings (SSSR count). The molecular formula is C19H28N4O3. The fraction of sp³-hybridized carbons (Fsp3) is 0.526. The number of aliphatic imine (C=N–C) groups is 1. The summed E-state index contributed by atoms with van der Waals surface area (Å²) in [5.74, 6) is 0.112. The van der Waals surface area contributed by atoms with Gasteiger partial charge in [0.05, 0.1) is 0 Å². The van der Waals surface area contributed by atoms with Crippen LogP contribution in [0.15, 0.2) is 35.3 Å². The Balaban J connectivity index is 2.42. The predicted molar refractivity (Wildman–Crippen MR) is 101 cm³/mol. The Morgan fingerprint density at radius 2 is 1.96 bits per heavy atom. The van der Waals surface area contributed by atoms with Gasteiger partial charge in [-0.1, -0.05) is 44.2 Å². The highest BCUT2D eigenvalue weighted by Crippen LogP contribution is 2.39. The Morgan fingerprint density at radius 1 is 1.31 bits per heavy atom. The number of rotatable bonds is 7. The summed E-state index contributed by atoms with van der Waals surface area (Å²) in [5, 5.41) is 11.5. The zero-order valence-electron chi connectivity index (χ0n) is 15.6. The second-order valence-corrected chi connectivity index (χ2v) is 7.27. The summed E-state index contributed by atoms with van der Waals surface area (Å²) in [6, 6.07) is 9.37. The minimum atomic E-state index is -1.23. The molecule has 2 unspecified atom stereocenters. The third-order valence-electron chi connectivity index (χ3n) is 4.37. The molecule has 26 heavy (non-hydrogen) atoms. The lowest BCUT2D eigenvalue weighted by atomic mass is 9.82. The van der Waals surface area contributed by atoms with Gasteiger partial charge in [0.25, 0.3) is 5.91 Å². The standard InChI is InChI=1S/C19H28N4O3/c1-13(2)12-19(15-9-5-4-6-10-15)16(24)23(11-7-8-14(3)20)17(22-19)21-18(25)26/h4-6,9-10,13-14H,7-8,11-12,20H2,1-3H3,(H,21,22)(H,25,26). The van der Waals surface area contributed by atoms with E-state index in [0.29, 0.717) is 19.4 Å². The lowest BCUT2D eigenvalue weighted by Crippen LogP contribution is -2.46. The normalized spacial score (nSPS) is 21.0. The highest BCUT2D eigenvalue weighted by Gasteiger charge is 2.50. The Hall–Kier alpha value is -2.41. The van der Waals surface area contributed by atoms with Crippen molar-refractivity contribution in [3.8, 4) is 0 Å². The summed E-state index contributed by atoms with van der Waals surface area (Å²) in [5.41, 5.74) is 5.47. The summed E-state index contributed by atoms with van der Waals surface area (Å²) in [4.78, 5) is 30.6. The van der Waals surface area contributed by atoms with Gasteiger partial charge in [-0.2, -0.15) is 0 Å². The first-order chi connectivity index (χ1) is 12.3. The van der Waals surface area contributed by atoms with E-state index < -0.39 is 11.6 Å². The summed E-state index contributed by atoms with van der Waals surface area (Å²) in [7, 11) is 0. The van der Waals surface area contributed by atoms with Crippen LogP contribution in [0, 0.1) is 5.92 Å². The average molecular weight is 360 g/mol. The molecule has 0 bridgehead atoms. The van der Waals surface area contributed by atoms with Gasteiger partial charge >= 0.3 is 6.09 Å². The van der Waals surface area contributed by atoms with Gasteiger partial charge in [0.2, 0.25) is 5.96 Å². The summed E-state index contributed by atoms with van der Waals surface area (Å²) < 4.78 is 0. The number of carbonyl (C=O) groups is 2. The van der Waals surface area contributed by atoms with E-state index in [9.17, 15) is 9.59 Å². The zero-order chi connectivity index (χ0) is 19.3. The number of carboxylic acid groups (broad SMARTS) is 1. The zero-order valence-corrected chi connectivity index (χ0v) is 15.6. The molecule has 0 aromatic heterocycles. The quantitative estimate of drug-likeness (QED) is 0.694. The SMILES string of the molecule is CC(C)CC1(c2ccccc2)N=C(NC(=O)O)N(CCCC(C)N)C1=O. The minimum Gasteiger partial charge on any atom is -0.465 e. The first kappa shape index (κ1) is 19.9. The molecule has 7 nitrogen and oxygen atoms in total. The van der Waals surface area contributed by atoms with Gasteiger partial charge in [0.15, 0.2) is 5.54 Å². The van der Waals surface area contributed by atoms with Crippen molar-refractivity contribution in [3.63, 3.8) is 0 Å². The number of hydrogen-bond donors (Lipinski definition) is 3. The van der Waals surface area contributed by atoms with Gasteiger partial charge in [-0.3, -0.25) is 15.0 Å². The molecule has 0 radical (unpaired) electrons. The Labute approximate surface area is 154 Å². The van der Waals surface area contributed by atoms with Crippen molar-refractivity contribution in [3.05, 3.63) is 35.9 Å². The Kier molecular flexibility index (Phi) is 6.37. The lowest BCUT2D eigenvalue weighted by molar-refractivity contribution is -0.132. The van der Waals surface area contributed by atoms with Crippen molar-refractivity contribution in [1.82, 2.24) is 10.2 Å². The number of nitrogens with one attached hydrogen (secondary N) is 1. The monoisotopic (exact) mass is 360 g/mol. The van der Waals surface area contributed by atoms with Crippen LogP contribution in [0.1, 0.15) is 45.6 Å². The van der Waals surface area contributed by atoms with E-state index in [2.05, 4.69) is 10.3 Å². The molecule has 2 atom stereocenters. The van der Waals surface area contributed by atoms with Crippen LogP contribution in [0.3, 0.4) is 0 Å². The number of hydrogen-bond acceptors (Lipinski definition) is 4. The minimum absolute atomic E-state index is 0.0232. The second-order valence-electron chi connectivity index (χ2n) is 7.27. The molecule has 1 heterocycles. The maximum absolute atomic E-state index is 13.4. The third kappa shape index (κ3) is 4.40. The average Bonchev–Trinajstić information content (AvgIpc) is 2.80. The lowest BCUT2D eigenvalue weighted by Gasteiger charge is -2.28. The molecule has 142 valence electrons. The third-order valence-corrected chi connectivity index (χ3v) is 4.37. The number of nitrogens with zero attached hydrogens (tertiary/aromatic N) is 2. The predicted octanol–water partition coefficient (Wildman–Crippen LogP) is 2.52. The van der Waals surface area contributed by atoms with Crippen molar-refractivity contribution in [1.29, 1.82) is 0 Å². The van der Waals surface area contributed by atoms with E-state index >= 15 is 0 Å². The molecule has 1 aromatic rings. The maximum Gasteiger partial charge on any atom is 0.411 e. The highest BCUT2D eigenvalue weighted by atomic mass is 16.4. The molecule has 4 N–H and O–H groups in total. The first-order valence-electron chi connectivity index (χ1n) is 8.99. The molecule has 1 aliphatic heterocycles. The highest BCUT2D eigenvalue weighted by molar-refractivity contribution is 6.11. The molecule has 0 saturated heterocycles. The number of carbonyl (C=O) groups excluding carboxylic acids is 1. The Morgan fingerprint density at radius 3 is 2.50 bits per heavy atom. The Bertz CT molecular complexity index is 673. The van der Waals surface area contributed by atoms with E-state index in [0.717, 1.165) is 12.0 Å².